The van der Waals surface area contributed by atoms with Crippen LogP contribution in [0.1, 0.15) is 47.2 Å². The van der Waals surface area contributed by atoms with Crippen LogP contribution in [0.5, 0.6) is 0 Å². The second-order valence-corrected chi connectivity index (χ2v) is 5.67. The maximum absolute atomic E-state index is 9.09. The minimum Gasteiger partial charge on any atom is -0.389 e. The Morgan fingerprint density at radius 1 is 1.33 bits per heavy atom. The molecule has 0 amide bonds. The van der Waals surface area contributed by atoms with Gasteiger partial charge in [0.15, 0.2) is 0 Å². The Kier molecular flexibility index (Phi) is 2.50. The summed E-state index contributed by atoms with van der Waals surface area (Å²) in [4.78, 5) is 5.87. The maximum Gasteiger partial charge on any atom is 0.119 e. The fraction of sp³-hybridized carbons (Fsp3) is 0.727. The topological polar surface area (TPSA) is 45.2 Å². The molecule has 1 aromatic heterocycles. The molecule has 2 saturated carbocycles. The predicted octanol–water partition coefficient (Wildman–Crippen LogP) is 1.76. The summed E-state index contributed by atoms with van der Waals surface area (Å²) >= 11 is 1.67. The highest BCUT2D eigenvalue weighted by Crippen LogP contribution is 2.42. The van der Waals surface area contributed by atoms with Gasteiger partial charge in [-0.15, -0.1) is 11.3 Å². The van der Waals surface area contributed by atoms with E-state index in [0.717, 1.165) is 17.6 Å². The summed E-state index contributed by atoms with van der Waals surface area (Å²) < 4.78 is 0. The summed E-state index contributed by atoms with van der Waals surface area (Å²) in [5.41, 5.74) is 1.26. The third-order valence-electron chi connectivity index (χ3n) is 3.00. The second-order valence-electron chi connectivity index (χ2n) is 4.50. The van der Waals surface area contributed by atoms with Crippen molar-refractivity contribution in [3.8, 4) is 0 Å². The van der Waals surface area contributed by atoms with Gasteiger partial charge in [0.05, 0.1) is 12.3 Å². The number of rotatable bonds is 5. The third kappa shape index (κ3) is 2.22. The van der Waals surface area contributed by atoms with E-state index >= 15 is 0 Å². The lowest BCUT2D eigenvalue weighted by Crippen LogP contribution is -2.15. The van der Waals surface area contributed by atoms with Gasteiger partial charge in [0.1, 0.15) is 5.01 Å². The van der Waals surface area contributed by atoms with E-state index in [1.807, 2.05) is 0 Å². The van der Waals surface area contributed by atoms with Crippen molar-refractivity contribution in [1.29, 1.82) is 0 Å². The van der Waals surface area contributed by atoms with E-state index < -0.39 is 0 Å². The molecule has 0 unspecified atom stereocenters. The first-order valence-electron chi connectivity index (χ1n) is 5.69. The van der Waals surface area contributed by atoms with E-state index in [0.29, 0.717) is 5.92 Å². The Bertz CT molecular complexity index is 355. The number of nitrogens with zero attached hydrogens (tertiary/aromatic N) is 1. The fourth-order valence-corrected chi connectivity index (χ4v) is 2.77. The predicted molar refractivity (Wildman–Crippen MR) is 59.9 cm³/mol. The van der Waals surface area contributed by atoms with E-state index in [-0.39, 0.29) is 6.61 Å². The van der Waals surface area contributed by atoms with Crippen LogP contribution in [0.3, 0.4) is 0 Å². The average molecular weight is 224 g/mol. The largest absolute Gasteiger partial charge is 0.389 e. The first kappa shape index (κ1) is 9.75. The first-order valence-corrected chi connectivity index (χ1v) is 6.51. The van der Waals surface area contributed by atoms with Crippen molar-refractivity contribution in [2.45, 2.75) is 50.8 Å². The molecule has 1 heterocycles. The summed E-state index contributed by atoms with van der Waals surface area (Å²) in [5.74, 6) is 0.692. The standard InChI is InChI=1S/C11H16N2OS/c14-6-10-13-11(7-1-2-7)9(15-10)5-12-8-3-4-8/h7-8,12,14H,1-6H2. The van der Waals surface area contributed by atoms with Crippen LogP contribution in [0, 0.1) is 0 Å². The van der Waals surface area contributed by atoms with Gasteiger partial charge >= 0.3 is 0 Å². The van der Waals surface area contributed by atoms with Crippen LogP contribution in [0.15, 0.2) is 0 Å². The fourth-order valence-electron chi connectivity index (χ4n) is 1.81. The van der Waals surface area contributed by atoms with Crippen molar-refractivity contribution >= 4 is 11.3 Å². The molecule has 3 rings (SSSR count). The zero-order chi connectivity index (χ0) is 10.3. The van der Waals surface area contributed by atoms with Gasteiger partial charge in [-0.2, -0.15) is 0 Å². The SMILES string of the molecule is OCc1nc(C2CC2)c(CNC2CC2)s1. The minimum absolute atomic E-state index is 0.0911. The Hall–Kier alpha value is -0.450. The molecule has 2 fully saturated rings. The molecule has 0 aromatic carbocycles. The normalized spacial score (nSPS) is 20.9. The molecule has 1 aromatic rings. The minimum atomic E-state index is 0.0911. The van der Waals surface area contributed by atoms with Crippen LogP contribution in [0.4, 0.5) is 0 Å². The zero-order valence-electron chi connectivity index (χ0n) is 8.70. The lowest BCUT2D eigenvalue weighted by molar-refractivity contribution is 0.281. The summed E-state index contributed by atoms with van der Waals surface area (Å²) in [6, 6.07) is 0.747. The quantitative estimate of drug-likeness (QED) is 0.801. The van der Waals surface area contributed by atoms with E-state index in [1.54, 1.807) is 11.3 Å². The highest BCUT2D eigenvalue weighted by molar-refractivity contribution is 7.11. The lowest BCUT2D eigenvalue weighted by Gasteiger charge is -2.01. The number of hydrogen-bond acceptors (Lipinski definition) is 4. The molecule has 0 saturated heterocycles. The van der Waals surface area contributed by atoms with Crippen molar-refractivity contribution < 1.29 is 5.11 Å². The van der Waals surface area contributed by atoms with Crippen LogP contribution in [-0.2, 0) is 13.2 Å². The first-order chi connectivity index (χ1) is 7.36. The monoisotopic (exact) mass is 224 g/mol. The van der Waals surface area contributed by atoms with Gasteiger partial charge in [0.25, 0.3) is 0 Å². The maximum atomic E-state index is 9.09. The van der Waals surface area contributed by atoms with Crippen molar-refractivity contribution in [2.75, 3.05) is 0 Å². The number of aliphatic hydroxyl groups is 1. The van der Waals surface area contributed by atoms with Gasteiger partial charge in [-0.05, 0) is 25.7 Å². The molecule has 15 heavy (non-hydrogen) atoms. The van der Waals surface area contributed by atoms with E-state index in [2.05, 4.69) is 10.3 Å². The molecule has 0 atom stereocenters. The molecule has 0 bridgehead atoms. The van der Waals surface area contributed by atoms with Crippen LogP contribution in [0.25, 0.3) is 0 Å². The van der Waals surface area contributed by atoms with Gasteiger partial charge in [0.2, 0.25) is 0 Å². The van der Waals surface area contributed by atoms with E-state index in [4.69, 9.17) is 5.11 Å². The van der Waals surface area contributed by atoms with Crippen LogP contribution >= 0.6 is 11.3 Å². The highest BCUT2D eigenvalue weighted by atomic mass is 32.1. The molecular formula is C11H16N2OS. The van der Waals surface area contributed by atoms with Crippen molar-refractivity contribution in [1.82, 2.24) is 10.3 Å². The lowest BCUT2D eigenvalue weighted by atomic mass is 10.2. The van der Waals surface area contributed by atoms with Crippen LogP contribution in [-0.4, -0.2) is 16.1 Å². The highest BCUT2D eigenvalue weighted by Gasteiger charge is 2.30. The molecule has 0 aliphatic heterocycles. The Labute approximate surface area is 93.5 Å². The van der Waals surface area contributed by atoms with Gasteiger partial charge in [-0.1, -0.05) is 0 Å². The second kappa shape index (κ2) is 3.85. The molecule has 2 aliphatic carbocycles. The smallest absolute Gasteiger partial charge is 0.119 e. The molecule has 3 nitrogen and oxygen atoms in total. The summed E-state index contributed by atoms with van der Waals surface area (Å²) in [6.07, 6.45) is 5.21. The summed E-state index contributed by atoms with van der Waals surface area (Å²) in [7, 11) is 0. The number of aromatic nitrogens is 1. The van der Waals surface area contributed by atoms with Crippen LogP contribution in [0.2, 0.25) is 0 Å². The Balaban J connectivity index is 1.73. The molecule has 2 aliphatic rings. The average Bonchev–Trinajstić information content (AvgIpc) is 3.14. The van der Waals surface area contributed by atoms with Gasteiger partial charge < -0.3 is 10.4 Å². The zero-order valence-corrected chi connectivity index (χ0v) is 9.52. The molecule has 2 N–H and O–H groups in total. The van der Waals surface area contributed by atoms with Crippen molar-refractivity contribution in [3.05, 3.63) is 15.6 Å². The summed E-state index contributed by atoms with van der Waals surface area (Å²) in [5, 5.41) is 13.5. The van der Waals surface area contributed by atoms with Crippen molar-refractivity contribution in [3.63, 3.8) is 0 Å². The van der Waals surface area contributed by atoms with Gasteiger partial charge in [-0.25, -0.2) is 4.98 Å². The van der Waals surface area contributed by atoms with Crippen LogP contribution < -0.4 is 5.32 Å². The number of thiazole rings is 1. The van der Waals surface area contributed by atoms with E-state index in [9.17, 15) is 0 Å². The molecular weight excluding hydrogens is 208 g/mol. The molecule has 0 radical (unpaired) electrons. The summed E-state index contributed by atoms with van der Waals surface area (Å²) in [6.45, 7) is 1.04. The van der Waals surface area contributed by atoms with Gasteiger partial charge in [-0.3, -0.25) is 0 Å². The molecule has 4 heteroatoms. The molecule has 0 spiro atoms. The number of nitrogens with one attached hydrogen (secondary N) is 1. The van der Waals surface area contributed by atoms with Crippen molar-refractivity contribution in [2.24, 2.45) is 0 Å². The third-order valence-corrected chi connectivity index (χ3v) is 4.06. The number of hydrogen-bond donors (Lipinski definition) is 2. The Morgan fingerprint density at radius 3 is 2.73 bits per heavy atom. The van der Waals surface area contributed by atoms with Gasteiger partial charge in [0, 0.05) is 23.4 Å². The number of aliphatic hydroxyl groups excluding tert-OH is 1. The molecule has 82 valence electrons. The van der Waals surface area contributed by atoms with E-state index in [1.165, 1.54) is 36.3 Å². The Morgan fingerprint density at radius 2 is 2.13 bits per heavy atom.